The molecule has 0 fully saturated rings. The SMILES string of the molecule is C#CCCC(=O)c1ncncc1Br. The fraction of sp³-hybridized carbons (Fsp3) is 0.222. The lowest BCUT2D eigenvalue weighted by Crippen LogP contribution is -2.03. The molecule has 1 aromatic heterocycles. The van der Waals surface area contributed by atoms with Crippen LogP contribution in [0.15, 0.2) is 17.0 Å². The molecular formula is C9H7BrN2O. The van der Waals surface area contributed by atoms with Crippen molar-refractivity contribution in [3.63, 3.8) is 0 Å². The minimum atomic E-state index is -0.0628. The van der Waals surface area contributed by atoms with Gasteiger partial charge >= 0.3 is 0 Å². The van der Waals surface area contributed by atoms with E-state index in [1.165, 1.54) is 12.5 Å². The fourth-order valence-corrected chi connectivity index (χ4v) is 1.26. The maximum absolute atomic E-state index is 11.4. The van der Waals surface area contributed by atoms with E-state index in [1.54, 1.807) is 0 Å². The van der Waals surface area contributed by atoms with Crippen LogP contribution < -0.4 is 0 Å². The van der Waals surface area contributed by atoms with E-state index in [-0.39, 0.29) is 5.78 Å². The van der Waals surface area contributed by atoms with Gasteiger partial charge < -0.3 is 0 Å². The lowest BCUT2D eigenvalue weighted by atomic mass is 10.2. The first kappa shape index (κ1) is 9.87. The van der Waals surface area contributed by atoms with Gasteiger partial charge in [0.15, 0.2) is 5.78 Å². The van der Waals surface area contributed by atoms with Gasteiger partial charge in [0.2, 0.25) is 0 Å². The quantitative estimate of drug-likeness (QED) is 0.597. The van der Waals surface area contributed by atoms with Crippen molar-refractivity contribution in [1.29, 1.82) is 0 Å². The van der Waals surface area contributed by atoms with Crippen LogP contribution in [0.5, 0.6) is 0 Å². The molecule has 0 spiro atoms. The van der Waals surface area contributed by atoms with Crippen molar-refractivity contribution >= 4 is 21.7 Å². The Balaban J connectivity index is 2.78. The number of nitrogens with zero attached hydrogens (tertiary/aromatic N) is 2. The first-order valence-corrected chi connectivity index (χ1v) is 4.47. The molecule has 0 aliphatic rings. The number of terminal acetylenes is 1. The summed E-state index contributed by atoms with van der Waals surface area (Å²) < 4.78 is 0.608. The van der Waals surface area contributed by atoms with Crippen molar-refractivity contribution in [3.8, 4) is 12.3 Å². The molecule has 0 bridgehead atoms. The molecule has 0 radical (unpaired) electrons. The van der Waals surface area contributed by atoms with Crippen LogP contribution in [0, 0.1) is 12.3 Å². The molecule has 0 amide bonds. The van der Waals surface area contributed by atoms with Gasteiger partial charge in [-0.2, -0.15) is 0 Å². The second-order valence-electron chi connectivity index (χ2n) is 2.35. The van der Waals surface area contributed by atoms with E-state index >= 15 is 0 Å². The summed E-state index contributed by atoms with van der Waals surface area (Å²) in [7, 11) is 0. The summed E-state index contributed by atoms with van der Waals surface area (Å²) in [6.45, 7) is 0. The van der Waals surface area contributed by atoms with Crippen LogP contribution in [0.1, 0.15) is 23.3 Å². The summed E-state index contributed by atoms with van der Waals surface area (Å²) in [5.41, 5.74) is 0.394. The van der Waals surface area contributed by atoms with Crippen molar-refractivity contribution < 1.29 is 4.79 Å². The Kier molecular flexibility index (Phi) is 3.59. The Bertz CT molecular complexity index is 357. The van der Waals surface area contributed by atoms with Gasteiger partial charge in [-0.1, -0.05) is 0 Å². The van der Waals surface area contributed by atoms with Gasteiger partial charge in [0, 0.05) is 19.0 Å². The normalized spacial score (nSPS) is 9.23. The van der Waals surface area contributed by atoms with Crippen LogP contribution in [0.4, 0.5) is 0 Å². The number of ketones is 1. The molecule has 0 atom stereocenters. The highest BCUT2D eigenvalue weighted by atomic mass is 79.9. The van der Waals surface area contributed by atoms with Crippen LogP contribution >= 0.6 is 15.9 Å². The molecule has 13 heavy (non-hydrogen) atoms. The van der Waals surface area contributed by atoms with Crippen LogP contribution in [-0.4, -0.2) is 15.8 Å². The molecule has 0 unspecified atom stereocenters. The molecule has 0 aliphatic heterocycles. The monoisotopic (exact) mass is 238 g/mol. The summed E-state index contributed by atoms with van der Waals surface area (Å²) >= 11 is 3.19. The largest absolute Gasteiger partial charge is 0.292 e. The molecule has 0 saturated carbocycles. The second kappa shape index (κ2) is 4.73. The number of hydrogen-bond acceptors (Lipinski definition) is 3. The van der Waals surface area contributed by atoms with Crippen molar-refractivity contribution in [2.75, 3.05) is 0 Å². The lowest BCUT2D eigenvalue weighted by molar-refractivity contribution is 0.0978. The third-order valence-electron chi connectivity index (χ3n) is 1.43. The Morgan fingerprint density at radius 2 is 2.46 bits per heavy atom. The molecule has 4 heteroatoms. The summed E-state index contributed by atoms with van der Waals surface area (Å²) in [5.74, 6) is 2.35. The predicted octanol–water partition coefficient (Wildman–Crippen LogP) is 1.84. The van der Waals surface area contributed by atoms with Crippen LogP contribution in [0.2, 0.25) is 0 Å². The zero-order chi connectivity index (χ0) is 9.68. The minimum Gasteiger partial charge on any atom is -0.292 e. The van der Waals surface area contributed by atoms with Crippen molar-refractivity contribution in [2.45, 2.75) is 12.8 Å². The molecule has 1 aromatic rings. The van der Waals surface area contributed by atoms with E-state index in [0.717, 1.165) is 0 Å². The highest BCUT2D eigenvalue weighted by Crippen LogP contribution is 2.14. The number of rotatable bonds is 3. The second-order valence-corrected chi connectivity index (χ2v) is 3.20. The fourth-order valence-electron chi connectivity index (χ4n) is 0.822. The summed E-state index contributed by atoms with van der Waals surface area (Å²) in [6.07, 6.45) is 8.69. The van der Waals surface area contributed by atoms with Gasteiger partial charge in [-0.3, -0.25) is 4.79 Å². The van der Waals surface area contributed by atoms with Gasteiger partial charge in [-0.25, -0.2) is 9.97 Å². The van der Waals surface area contributed by atoms with Crippen molar-refractivity contribution in [1.82, 2.24) is 9.97 Å². The standard InChI is InChI=1S/C9H7BrN2O/c1-2-3-4-8(13)9-7(10)5-11-6-12-9/h1,5-6H,3-4H2. The molecule has 0 aromatic carbocycles. The Hall–Kier alpha value is -1.21. The van der Waals surface area contributed by atoms with Gasteiger partial charge in [0.05, 0.1) is 4.47 Å². The first-order chi connectivity index (χ1) is 6.25. The number of hydrogen-bond donors (Lipinski definition) is 0. The highest BCUT2D eigenvalue weighted by Gasteiger charge is 2.09. The predicted molar refractivity (Wildman–Crippen MR) is 52.1 cm³/mol. The minimum absolute atomic E-state index is 0.0628. The number of carbonyl (C=O) groups is 1. The Morgan fingerprint density at radius 3 is 3.08 bits per heavy atom. The average Bonchev–Trinajstić information content (AvgIpc) is 2.15. The maximum Gasteiger partial charge on any atom is 0.183 e. The zero-order valence-electron chi connectivity index (χ0n) is 6.83. The van der Waals surface area contributed by atoms with Gasteiger partial charge in [-0.15, -0.1) is 12.3 Å². The summed E-state index contributed by atoms with van der Waals surface area (Å²) in [6, 6.07) is 0. The number of carbonyl (C=O) groups excluding carboxylic acids is 1. The molecule has 0 saturated heterocycles. The van der Waals surface area contributed by atoms with Gasteiger partial charge in [-0.05, 0) is 15.9 Å². The Morgan fingerprint density at radius 1 is 1.69 bits per heavy atom. The molecular weight excluding hydrogens is 232 g/mol. The molecule has 0 N–H and O–H groups in total. The maximum atomic E-state index is 11.4. The van der Waals surface area contributed by atoms with Gasteiger partial charge in [0.25, 0.3) is 0 Å². The summed E-state index contributed by atoms with van der Waals surface area (Å²) in [5, 5.41) is 0. The third kappa shape index (κ3) is 2.63. The van der Waals surface area contributed by atoms with Crippen LogP contribution in [0.3, 0.4) is 0 Å². The van der Waals surface area contributed by atoms with Gasteiger partial charge in [0.1, 0.15) is 12.0 Å². The molecule has 66 valence electrons. The van der Waals surface area contributed by atoms with Crippen molar-refractivity contribution in [2.24, 2.45) is 0 Å². The lowest BCUT2D eigenvalue weighted by Gasteiger charge is -1.98. The Labute approximate surface area is 84.7 Å². The van der Waals surface area contributed by atoms with E-state index in [2.05, 4.69) is 31.8 Å². The smallest absolute Gasteiger partial charge is 0.183 e. The summed E-state index contributed by atoms with van der Waals surface area (Å²) in [4.78, 5) is 19.0. The molecule has 1 heterocycles. The van der Waals surface area contributed by atoms with E-state index in [1.807, 2.05) is 0 Å². The topological polar surface area (TPSA) is 42.9 Å². The van der Waals surface area contributed by atoms with E-state index < -0.39 is 0 Å². The van der Waals surface area contributed by atoms with E-state index in [0.29, 0.717) is 23.0 Å². The number of halogens is 1. The third-order valence-corrected chi connectivity index (χ3v) is 2.01. The highest BCUT2D eigenvalue weighted by molar-refractivity contribution is 9.10. The number of Topliss-reactive ketones (excluding diaryl/α,β-unsaturated/α-hetero) is 1. The molecule has 1 rings (SSSR count). The zero-order valence-corrected chi connectivity index (χ0v) is 8.41. The molecule has 0 aliphatic carbocycles. The van der Waals surface area contributed by atoms with Crippen LogP contribution in [-0.2, 0) is 0 Å². The first-order valence-electron chi connectivity index (χ1n) is 3.68. The average molecular weight is 239 g/mol. The number of aromatic nitrogens is 2. The van der Waals surface area contributed by atoms with Crippen molar-refractivity contribution in [3.05, 3.63) is 22.7 Å². The van der Waals surface area contributed by atoms with E-state index in [9.17, 15) is 4.79 Å². The molecule has 3 nitrogen and oxygen atoms in total. The van der Waals surface area contributed by atoms with E-state index in [4.69, 9.17) is 6.42 Å². The van der Waals surface area contributed by atoms with Crippen LogP contribution in [0.25, 0.3) is 0 Å².